The van der Waals surface area contributed by atoms with Gasteiger partial charge in [-0.15, -0.1) is 0 Å². The van der Waals surface area contributed by atoms with Crippen LogP contribution in [0, 0.1) is 6.92 Å². The van der Waals surface area contributed by atoms with Crippen LogP contribution in [-0.4, -0.2) is 10.7 Å². The standard InChI is InChI=1S/C23H18BrNO2/c1-16-6-5-11-25-21(16)13-19(22(25)14-26)20-12-18(24)9-10-23(20)27-15-17-7-3-2-4-8-17/h2-14H,15H2,1H3. The predicted molar refractivity (Wildman–Crippen MR) is 111 cm³/mol. The summed E-state index contributed by atoms with van der Waals surface area (Å²) in [4.78, 5) is 11.9. The molecule has 4 rings (SSSR count). The normalized spacial score (nSPS) is 10.9. The van der Waals surface area contributed by atoms with Crippen LogP contribution in [0.15, 0.2) is 77.4 Å². The number of rotatable bonds is 5. The zero-order valence-corrected chi connectivity index (χ0v) is 16.4. The van der Waals surface area contributed by atoms with Crippen molar-refractivity contribution in [1.29, 1.82) is 0 Å². The third kappa shape index (κ3) is 3.40. The van der Waals surface area contributed by atoms with E-state index >= 15 is 0 Å². The molecule has 134 valence electrons. The van der Waals surface area contributed by atoms with Crippen molar-refractivity contribution in [3.63, 3.8) is 0 Å². The predicted octanol–water partition coefficient (Wildman–Crippen LogP) is 6.07. The number of pyridine rings is 1. The number of benzene rings is 2. The monoisotopic (exact) mass is 419 g/mol. The molecule has 0 saturated carbocycles. The van der Waals surface area contributed by atoms with E-state index in [2.05, 4.69) is 22.0 Å². The van der Waals surface area contributed by atoms with Crippen LogP contribution in [0.1, 0.15) is 21.6 Å². The molecule has 2 heterocycles. The van der Waals surface area contributed by atoms with E-state index in [1.165, 1.54) is 0 Å². The molecule has 0 saturated heterocycles. The van der Waals surface area contributed by atoms with Crippen molar-refractivity contribution in [2.24, 2.45) is 0 Å². The third-order valence-corrected chi connectivity index (χ3v) is 5.14. The molecule has 0 fully saturated rings. The van der Waals surface area contributed by atoms with Crippen LogP contribution in [0.4, 0.5) is 0 Å². The molecule has 2 aromatic carbocycles. The number of ether oxygens (including phenoxy) is 1. The molecule has 2 aromatic heterocycles. The number of halogens is 1. The van der Waals surface area contributed by atoms with Gasteiger partial charge in [0.25, 0.3) is 0 Å². The number of aldehydes is 1. The Morgan fingerprint density at radius 3 is 2.59 bits per heavy atom. The van der Waals surface area contributed by atoms with Crippen molar-refractivity contribution in [3.8, 4) is 16.9 Å². The van der Waals surface area contributed by atoms with Crippen LogP contribution in [0.2, 0.25) is 0 Å². The minimum Gasteiger partial charge on any atom is -0.488 e. The molecular weight excluding hydrogens is 402 g/mol. The topological polar surface area (TPSA) is 30.7 Å². The minimum absolute atomic E-state index is 0.471. The van der Waals surface area contributed by atoms with E-state index < -0.39 is 0 Å². The maximum Gasteiger partial charge on any atom is 0.167 e. The maximum atomic E-state index is 11.9. The molecule has 3 nitrogen and oxygen atoms in total. The fourth-order valence-corrected chi connectivity index (χ4v) is 3.63. The second-order valence-corrected chi connectivity index (χ2v) is 7.34. The number of nitrogens with zero attached hydrogens (tertiary/aromatic N) is 1. The summed E-state index contributed by atoms with van der Waals surface area (Å²) >= 11 is 3.54. The fourth-order valence-electron chi connectivity index (χ4n) is 3.27. The van der Waals surface area contributed by atoms with E-state index in [9.17, 15) is 4.79 Å². The maximum absolute atomic E-state index is 11.9. The molecule has 0 aliphatic rings. The van der Waals surface area contributed by atoms with Gasteiger partial charge in [-0.05, 0) is 48.4 Å². The first-order valence-corrected chi connectivity index (χ1v) is 9.49. The van der Waals surface area contributed by atoms with Crippen molar-refractivity contribution in [2.45, 2.75) is 13.5 Å². The highest BCUT2D eigenvalue weighted by molar-refractivity contribution is 9.10. The van der Waals surface area contributed by atoms with E-state index in [1.54, 1.807) is 0 Å². The summed E-state index contributed by atoms with van der Waals surface area (Å²) in [6.45, 7) is 2.51. The number of carbonyl (C=O) groups is 1. The Balaban J connectivity index is 1.82. The highest BCUT2D eigenvalue weighted by atomic mass is 79.9. The van der Waals surface area contributed by atoms with Gasteiger partial charge >= 0.3 is 0 Å². The number of aromatic nitrogens is 1. The largest absolute Gasteiger partial charge is 0.488 e. The van der Waals surface area contributed by atoms with Gasteiger partial charge in [0.2, 0.25) is 0 Å². The van der Waals surface area contributed by atoms with Gasteiger partial charge in [0.15, 0.2) is 6.29 Å². The molecule has 0 unspecified atom stereocenters. The Morgan fingerprint density at radius 1 is 1.00 bits per heavy atom. The lowest BCUT2D eigenvalue weighted by Gasteiger charge is -2.12. The molecule has 0 N–H and O–H groups in total. The molecule has 0 radical (unpaired) electrons. The highest BCUT2D eigenvalue weighted by Gasteiger charge is 2.17. The lowest BCUT2D eigenvalue weighted by molar-refractivity contribution is 0.111. The van der Waals surface area contributed by atoms with Crippen LogP contribution < -0.4 is 4.74 Å². The summed E-state index contributed by atoms with van der Waals surface area (Å²) in [7, 11) is 0. The highest BCUT2D eigenvalue weighted by Crippen LogP contribution is 2.37. The first-order valence-electron chi connectivity index (χ1n) is 8.70. The van der Waals surface area contributed by atoms with Gasteiger partial charge in [0.1, 0.15) is 12.4 Å². The third-order valence-electron chi connectivity index (χ3n) is 4.64. The Hall–Kier alpha value is -2.85. The second-order valence-electron chi connectivity index (χ2n) is 6.42. The average Bonchev–Trinajstić information content (AvgIpc) is 3.07. The summed E-state index contributed by atoms with van der Waals surface area (Å²) in [5, 5.41) is 0. The summed E-state index contributed by atoms with van der Waals surface area (Å²) < 4.78 is 8.98. The summed E-state index contributed by atoms with van der Waals surface area (Å²) in [5.74, 6) is 0.749. The average molecular weight is 420 g/mol. The smallest absolute Gasteiger partial charge is 0.167 e. The van der Waals surface area contributed by atoms with Crippen molar-refractivity contribution in [2.75, 3.05) is 0 Å². The zero-order chi connectivity index (χ0) is 18.8. The number of fused-ring (bicyclic) bond motifs is 1. The Bertz CT molecular complexity index is 1120. The van der Waals surface area contributed by atoms with Gasteiger partial charge in [-0.1, -0.05) is 52.3 Å². The van der Waals surface area contributed by atoms with E-state index in [-0.39, 0.29) is 0 Å². The molecule has 0 bridgehead atoms. The fraction of sp³-hybridized carbons (Fsp3) is 0.0870. The first kappa shape index (κ1) is 17.6. The van der Waals surface area contributed by atoms with Crippen LogP contribution in [0.3, 0.4) is 0 Å². The molecule has 4 heteroatoms. The lowest BCUT2D eigenvalue weighted by atomic mass is 10.0. The molecule has 0 spiro atoms. The molecule has 0 amide bonds. The summed E-state index contributed by atoms with van der Waals surface area (Å²) in [6, 6.07) is 22.0. The Labute approximate surface area is 166 Å². The van der Waals surface area contributed by atoms with Gasteiger partial charge in [-0.3, -0.25) is 4.79 Å². The Morgan fingerprint density at radius 2 is 1.81 bits per heavy atom. The van der Waals surface area contributed by atoms with Crippen molar-refractivity contribution < 1.29 is 9.53 Å². The number of hydrogen-bond donors (Lipinski definition) is 0. The van der Waals surface area contributed by atoms with E-state index in [0.717, 1.165) is 44.3 Å². The number of hydrogen-bond acceptors (Lipinski definition) is 2. The second kappa shape index (κ2) is 7.41. The SMILES string of the molecule is Cc1cccn2c(C=O)c(-c3cc(Br)ccc3OCc3ccccc3)cc12. The van der Waals surface area contributed by atoms with Gasteiger partial charge in [-0.2, -0.15) is 0 Å². The van der Waals surface area contributed by atoms with E-state index in [1.807, 2.05) is 78.2 Å². The number of aryl methyl sites for hydroxylation is 1. The van der Waals surface area contributed by atoms with Crippen molar-refractivity contribution in [1.82, 2.24) is 4.40 Å². The molecular formula is C23H18BrNO2. The van der Waals surface area contributed by atoms with Crippen LogP contribution in [0.25, 0.3) is 16.6 Å². The molecule has 27 heavy (non-hydrogen) atoms. The molecule has 0 aliphatic heterocycles. The van der Waals surface area contributed by atoms with Gasteiger partial charge in [0.05, 0.1) is 5.69 Å². The van der Waals surface area contributed by atoms with E-state index in [0.29, 0.717) is 12.3 Å². The first-order chi connectivity index (χ1) is 13.2. The summed E-state index contributed by atoms with van der Waals surface area (Å²) in [6.07, 6.45) is 2.82. The van der Waals surface area contributed by atoms with Crippen molar-refractivity contribution >= 4 is 27.7 Å². The quantitative estimate of drug-likeness (QED) is 0.367. The van der Waals surface area contributed by atoms with E-state index in [4.69, 9.17) is 4.74 Å². The van der Waals surface area contributed by atoms with Gasteiger partial charge in [-0.25, -0.2) is 0 Å². The Kier molecular flexibility index (Phi) is 4.82. The van der Waals surface area contributed by atoms with Gasteiger partial charge in [0, 0.05) is 27.3 Å². The van der Waals surface area contributed by atoms with Gasteiger partial charge < -0.3 is 9.14 Å². The van der Waals surface area contributed by atoms with Crippen LogP contribution in [-0.2, 0) is 6.61 Å². The molecule has 0 aliphatic carbocycles. The number of carbonyl (C=O) groups excluding carboxylic acids is 1. The van der Waals surface area contributed by atoms with Crippen molar-refractivity contribution in [3.05, 3.63) is 94.2 Å². The van der Waals surface area contributed by atoms with Crippen LogP contribution in [0.5, 0.6) is 5.75 Å². The molecule has 4 aromatic rings. The van der Waals surface area contributed by atoms with Crippen LogP contribution >= 0.6 is 15.9 Å². The zero-order valence-electron chi connectivity index (χ0n) is 14.9. The molecule has 0 atom stereocenters. The lowest BCUT2D eigenvalue weighted by Crippen LogP contribution is -1.98. The minimum atomic E-state index is 0.471. The summed E-state index contributed by atoms with van der Waals surface area (Å²) in [5.41, 5.74) is 5.61.